The van der Waals surface area contributed by atoms with Crippen molar-refractivity contribution < 1.29 is 78.9 Å². The molecule has 19 nitrogen and oxygen atoms in total. The van der Waals surface area contributed by atoms with Gasteiger partial charge in [0.25, 0.3) is 0 Å². The number of nitrogens with one attached hydrogen (secondary N) is 3. The van der Waals surface area contributed by atoms with Crippen molar-refractivity contribution in [2.24, 2.45) is 0 Å². The van der Waals surface area contributed by atoms with E-state index in [0.717, 1.165) is 20.8 Å². The molecule has 0 aromatic carbocycles. The van der Waals surface area contributed by atoms with Crippen LogP contribution in [0.2, 0.25) is 0 Å². The molecule has 0 aromatic rings. The average Bonchev–Trinajstić information content (AvgIpc) is 2.94. The van der Waals surface area contributed by atoms with E-state index in [9.17, 15) is 55.2 Å². The Morgan fingerprint density at radius 1 is 0.558 bits per heavy atom. The Morgan fingerprint density at radius 2 is 0.930 bits per heavy atom. The Labute approximate surface area is 245 Å². The SMILES string of the molecule is CC(=O)N[C@@H]1[C@H](O[C@H]2[C@H](O)[C@@H](NC(C)=O)[C@H](O[C@H]3[C@H](O)[C@@H](NC(C)=O)[C@@H](O)O[C@H]3CO)O[C@H]2CO)O[C@@H](CO)[C@@H](O)[C@@H]1O. The number of aliphatic hydroxyl groups is 8. The minimum atomic E-state index is -1.77. The minimum Gasteiger partial charge on any atom is -0.394 e. The number of rotatable bonds is 10. The molecule has 3 amide bonds. The summed E-state index contributed by atoms with van der Waals surface area (Å²) in [6.45, 7) is 0.995. The molecule has 0 bridgehead atoms. The van der Waals surface area contributed by atoms with E-state index >= 15 is 0 Å². The highest BCUT2D eigenvalue weighted by Crippen LogP contribution is 2.32. The third-order valence-electron chi connectivity index (χ3n) is 7.30. The fraction of sp³-hybridized carbons (Fsp3) is 0.875. The zero-order chi connectivity index (χ0) is 32.2. The van der Waals surface area contributed by atoms with Crippen LogP contribution in [0.5, 0.6) is 0 Å². The number of hydrogen-bond acceptors (Lipinski definition) is 16. The molecule has 0 aliphatic carbocycles. The van der Waals surface area contributed by atoms with Crippen LogP contribution in [0.4, 0.5) is 0 Å². The number of amides is 3. The monoisotopic (exact) mass is 627 g/mol. The fourth-order valence-electron chi connectivity index (χ4n) is 5.28. The zero-order valence-corrected chi connectivity index (χ0v) is 23.6. The molecule has 43 heavy (non-hydrogen) atoms. The summed E-state index contributed by atoms with van der Waals surface area (Å²) in [5.41, 5.74) is 0. The highest BCUT2D eigenvalue weighted by Gasteiger charge is 2.54. The van der Waals surface area contributed by atoms with Gasteiger partial charge in [-0.1, -0.05) is 0 Å². The standard InChI is InChI=1S/C24H41N3O16/c1-7(31)25-13-18(36)20(11(5-29)39-22(13)38)42-24-15(27-9(3)33)19(37)21(12(6-30)41-24)43-23-14(26-8(2)32)17(35)16(34)10(4-28)40-23/h10-24,28-30,34-38H,4-6H2,1-3H3,(H,25,31)(H,26,32)(H,27,33)/t10-,11-,12-,13+,14-,15+,16+,17+,18+,19+,20+,21+,22-,23-,24-/m0/s1. The largest absolute Gasteiger partial charge is 0.394 e. The maximum absolute atomic E-state index is 12.1. The van der Waals surface area contributed by atoms with Gasteiger partial charge in [0.05, 0.1) is 19.8 Å². The van der Waals surface area contributed by atoms with Crippen LogP contribution in [-0.2, 0) is 38.1 Å². The van der Waals surface area contributed by atoms with Gasteiger partial charge in [0.15, 0.2) is 18.9 Å². The van der Waals surface area contributed by atoms with Gasteiger partial charge in [-0.25, -0.2) is 0 Å². The van der Waals surface area contributed by atoms with Crippen molar-refractivity contribution in [3.63, 3.8) is 0 Å². The Bertz CT molecular complexity index is 962. The summed E-state index contributed by atoms with van der Waals surface area (Å²) in [4.78, 5) is 35.5. The molecule has 3 fully saturated rings. The maximum atomic E-state index is 12.1. The number of carbonyl (C=O) groups is 3. The van der Waals surface area contributed by atoms with E-state index in [0.29, 0.717) is 0 Å². The topological polar surface area (TPSA) is 295 Å². The van der Waals surface area contributed by atoms with Crippen molar-refractivity contribution in [1.29, 1.82) is 0 Å². The molecule has 11 N–H and O–H groups in total. The van der Waals surface area contributed by atoms with E-state index in [1.165, 1.54) is 0 Å². The lowest BCUT2D eigenvalue weighted by Crippen LogP contribution is -2.71. The van der Waals surface area contributed by atoms with Crippen LogP contribution in [0.25, 0.3) is 0 Å². The average molecular weight is 628 g/mol. The van der Waals surface area contributed by atoms with Gasteiger partial charge in [-0.15, -0.1) is 0 Å². The molecule has 0 unspecified atom stereocenters. The predicted octanol–water partition coefficient (Wildman–Crippen LogP) is -7.14. The molecule has 0 spiro atoms. The van der Waals surface area contributed by atoms with Crippen molar-refractivity contribution >= 4 is 17.7 Å². The summed E-state index contributed by atoms with van der Waals surface area (Å²) in [7, 11) is 0. The minimum absolute atomic E-state index is 0.628. The van der Waals surface area contributed by atoms with Crippen LogP contribution in [0.15, 0.2) is 0 Å². The van der Waals surface area contributed by atoms with Gasteiger partial charge >= 0.3 is 0 Å². The van der Waals surface area contributed by atoms with Crippen molar-refractivity contribution in [1.82, 2.24) is 16.0 Å². The molecule has 3 aliphatic heterocycles. The van der Waals surface area contributed by atoms with Crippen molar-refractivity contribution in [2.45, 2.75) is 113 Å². The van der Waals surface area contributed by atoms with Crippen molar-refractivity contribution in [3.8, 4) is 0 Å². The number of aliphatic hydroxyl groups excluding tert-OH is 8. The van der Waals surface area contributed by atoms with Crippen LogP contribution in [0, 0.1) is 0 Å². The van der Waals surface area contributed by atoms with Crippen molar-refractivity contribution in [3.05, 3.63) is 0 Å². The molecule has 0 saturated carbocycles. The normalized spacial score (nSPS) is 43.5. The van der Waals surface area contributed by atoms with Gasteiger partial charge in [-0.05, 0) is 0 Å². The van der Waals surface area contributed by atoms with Gasteiger partial charge in [-0.2, -0.15) is 0 Å². The molecule has 15 atom stereocenters. The highest BCUT2D eigenvalue weighted by atomic mass is 16.7. The summed E-state index contributed by atoms with van der Waals surface area (Å²) in [5.74, 6) is -1.96. The second-order valence-corrected chi connectivity index (χ2v) is 10.5. The van der Waals surface area contributed by atoms with Gasteiger partial charge in [-0.3, -0.25) is 14.4 Å². The van der Waals surface area contributed by atoms with Gasteiger partial charge < -0.3 is 80.5 Å². The first-order valence-electron chi connectivity index (χ1n) is 13.5. The maximum Gasteiger partial charge on any atom is 0.217 e. The number of carbonyl (C=O) groups excluding carboxylic acids is 3. The summed E-state index contributed by atoms with van der Waals surface area (Å²) >= 11 is 0. The van der Waals surface area contributed by atoms with Crippen LogP contribution in [-0.4, -0.2) is 170 Å². The molecule has 3 aliphatic rings. The smallest absolute Gasteiger partial charge is 0.217 e. The van der Waals surface area contributed by atoms with Gasteiger partial charge in [0.2, 0.25) is 17.7 Å². The van der Waals surface area contributed by atoms with E-state index in [-0.39, 0.29) is 0 Å². The first-order chi connectivity index (χ1) is 20.2. The first-order valence-corrected chi connectivity index (χ1v) is 13.5. The van der Waals surface area contributed by atoms with Gasteiger partial charge in [0, 0.05) is 20.8 Å². The molecule has 19 heteroatoms. The molecule has 3 rings (SSSR count). The Balaban J connectivity index is 1.89. The Hall–Kier alpha value is -2.11. The van der Waals surface area contributed by atoms with E-state index < -0.39 is 129 Å². The van der Waals surface area contributed by atoms with Crippen LogP contribution >= 0.6 is 0 Å². The number of hydrogen-bond donors (Lipinski definition) is 11. The Morgan fingerprint density at radius 3 is 1.37 bits per heavy atom. The molecule has 0 radical (unpaired) electrons. The van der Waals surface area contributed by atoms with E-state index in [2.05, 4.69) is 16.0 Å². The third kappa shape index (κ3) is 8.14. The second kappa shape index (κ2) is 15.3. The Kier molecular flexibility index (Phi) is 12.5. The summed E-state index contributed by atoms with van der Waals surface area (Å²) in [6.07, 6.45) is -19.0. The second-order valence-electron chi connectivity index (χ2n) is 10.5. The predicted molar refractivity (Wildman–Crippen MR) is 136 cm³/mol. The lowest BCUT2D eigenvalue weighted by Gasteiger charge is -2.49. The molecule has 248 valence electrons. The lowest BCUT2D eigenvalue weighted by atomic mass is 9.93. The summed E-state index contributed by atoms with van der Waals surface area (Å²) < 4.78 is 28.3. The molecule has 0 aromatic heterocycles. The van der Waals surface area contributed by atoms with Crippen LogP contribution in [0.1, 0.15) is 20.8 Å². The first kappa shape index (κ1) is 35.4. The van der Waals surface area contributed by atoms with E-state index in [1.807, 2.05) is 0 Å². The molecule has 3 saturated heterocycles. The van der Waals surface area contributed by atoms with Crippen molar-refractivity contribution in [2.75, 3.05) is 19.8 Å². The van der Waals surface area contributed by atoms with Crippen LogP contribution in [0.3, 0.4) is 0 Å². The highest BCUT2D eigenvalue weighted by molar-refractivity contribution is 5.74. The quantitative estimate of drug-likeness (QED) is 0.107. The zero-order valence-electron chi connectivity index (χ0n) is 23.6. The van der Waals surface area contributed by atoms with E-state index in [4.69, 9.17) is 23.7 Å². The third-order valence-corrected chi connectivity index (χ3v) is 7.30. The van der Waals surface area contributed by atoms with Crippen LogP contribution < -0.4 is 16.0 Å². The summed E-state index contributed by atoms with van der Waals surface area (Å²) in [6, 6.07) is -4.31. The molecular weight excluding hydrogens is 586 g/mol. The molecule has 3 heterocycles. The van der Waals surface area contributed by atoms with Gasteiger partial charge in [0.1, 0.15) is 73.1 Å². The van der Waals surface area contributed by atoms with E-state index in [1.54, 1.807) is 0 Å². The summed E-state index contributed by atoms with van der Waals surface area (Å²) in [5, 5.41) is 90.0. The fourth-order valence-corrected chi connectivity index (χ4v) is 5.28. The lowest BCUT2D eigenvalue weighted by molar-refractivity contribution is -0.351. The number of ether oxygens (including phenoxy) is 5. The molecular formula is C24H41N3O16.